The second kappa shape index (κ2) is 11.7. The number of likely N-dealkylation sites (N-methyl/N-ethyl adjacent to an activating group) is 1. The second-order valence-corrected chi connectivity index (χ2v) is 10.8. The van der Waals surface area contributed by atoms with Gasteiger partial charge in [-0.15, -0.1) is 0 Å². The van der Waals surface area contributed by atoms with E-state index >= 15 is 0 Å². The van der Waals surface area contributed by atoms with Crippen molar-refractivity contribution >= 4 is 45.7 Å². The normalized spacial score (nSPS) is 16.3. The molecule has 1 aliphatic rings. The van der Waals surface area contributed by atoms with Crippen LogP contribution in [0.25, 0.3) is 10.8 Å². The largest absolute Gasteiger partial charge is 0.496 e. The number of amides is 3. The summed E-state index contributed by atoms with van der Waals surface area (Å²) in [6, 6.07) is 25.2. The van der Waals surface area contributed by atoms with Gasteiger partial charge in [-0.25, -0.2) is 0 Å². The zero-order valence-corrected chi connectivity index (χ0v) is 24.6. The van der Waals surface area contributed by atoms with Crippen LogP contribution in [0.5, 0.6) is 5.75 Å². The Morgan fingerprint density at radius 3 is 2.19 bits per heavy atom. The molecule has 1 aliphatic heterocycles. The van der Waals surface area contributed by atoms with Crippen molar-refractivity contribution in [3.8, 4) is 5.75 Å². The molecule has 0 aromatic heterocycles. The number of carbonyl (C=O) groups is 4. The van der Waals surface area contributed by atoms with E-state index in [0.29, 0.717) is 28.3 Å². The van der Waals surface area contributed by atoms with Gasteiger partial charge in [-0.05, 0) is 62.0 Å². The van der Waals surface area contributed by atoms with Crippen LogP contribution in [-0.2, 0) is 16.1 Å². The van der Waals surface area contributed by atoms with Gasteiger partial charge in [0.05, 0.1) is 30.9 Å². The predicted molar refractivity (Wildman–Crippen MR) is 166 cm³/mol. The maximum absolute atomic E-state index is 14.6. The van der Waals surface area contributed by atoms with E-state index in [4.69, 9.17) is 10.5 Å². The minimum absolute atomic E-state index is 0.115. The summed E-state index contributed by atoms with van der Waals surface area (Å²) in [5.41, 5.74) is 7.01. The van der Waals surface area contributed by atoms with Gasteiger partial charge in [0.25, 0.3) is 5.91 Å². The summed E-state index contributed by atoms with van der Waals surface area (Å²) >= 11 is 0. The van der Waals surface area contributed by atoms with Crippen molar-refractivity contribution < 1.29 is 23.9 Å². The number of primary amides is 1. The average Bonchev–Trinajstić information content (AvgIpc) is 3.14. The molecule has 4 aromatic carbocycles. The first-order valence-electron chi connectivity index (χ1n) is 14.0. The zero-order chi connectivity index (χ0) is 30.9. The van der Waals surface area contributed by atoms with Gasteiger partial charge in [0, 0.05) is 23.2 Å². The van der Waals surface area contributed by atoms with Gasteiger partial charge in [0.15, 0.2) is 5.78 Å². The molecule has 1 heterocycles. The summed E-state index contributed by atoms with van der Waals surface area (Å²) in [6.45, 7) is 3.03. The highest BCUT2D eigenvalue weighted by Crippen LogP contribution is 2.40. The van der Waals surface area contributed by atoms with Crippen LogP contribution in [0, 0.1) is 5.92 Å². The van der Waals surface area contributed by atoms with Gasteiger partial charge in [0.2, 0.25) is 11.8 Å². The molecule has 0 saturated heterocycles. The topological polar surface area (TPSA) is 122 Å². The maximum atomic E-state index is 14.6. The van der Waals surface area contributed by atoms with Crippen molar-refractivity contribution in [2.75, 3.05) is 30.5 Å². The van der Waals surface area contributed by atoms with Crippen molar-refractivity contribution in [1.29, 1.82) is 0 Å². The second-order valence-electron chi connectivity index (χ2n) is 10.8. The maximum Gasteiger partial charge on any atom is 0.258 e. The van der Waals surface area contributed by atoms with Crippen LogP contribution in [0.1, 0.15) is 40.1 Å². The molecule has 0 fully saturated rings. The Bertz CT molecular complexity index is 1730. The highest BCUT2D eigenvalue weighted by Gasteiger charge is 2.48. The lowest BCUT2D eigenvalue weighted by Gasteiger charge is -2.36. The fourth-order valence-electron chi connectivity index (χ4n) is 5.67. The van der Waals surface area contributed by atoms with Crippen LogP contribution in [0.3, 0.4) is 0 Å². The van der Waals surface area contributed by atoms with E-state index in [-0.39, 0.29) is 30.7 Å². The molecule has 9 nitrogen and oxygen atoms in total. The van der Waals surface area contributed by atoms with Gasteiger partial charge in [0.1, 0.15) is 11.3 Å². The van der Waals surface area contributed by atoms with Crippen LogP contribution >= 0.6 is 0 Å². The van der Waals surface area contributed by atoms with Crippen LogP contribution in [0.2, 0.25) is 0 Å². The molecule has 9 heteroatoms. The molecule has 4 aromatic rings. The fraction of sp³-hybridized carbons (Fsp3) is 0.235. The molecule has 5 rings (SSSR count). The first kappa shape index (κ1) is 29.5. The number of methoxy groups -OCH3 is 1. The third-order valence-corrected chi connectivity index (χ3v) is 8.44. The van der Waals surface area contributed by atoms with Crippen molar-refractivity contribution in [2.24, 2.45) is 11.7 Å². The SMILES string of the molecule is CNC(C)(C(N)=O)[C@@H]1CN(C(=O)c2ccc(C(C)=O)cc2)c2ccccc2N(Cc2c(OC)ccc3ccccc23)C1=O. The quantitative estimate of drug-likeness (QED) is 0.300. The molecular formula is C34H34N4O5. The Balaban J connectivity index is 1.70. The van der Waals surface area contributed by atoms with E-state index < -0.39 is 17.4 Å². The summed E-state index contributed by atoms with van der Waals surface area (Å²) in [5, 5.41) is 4.86. The third kappa shape index (κ3) is 5.23. The minimum Gasteiger partial charge on any atom is -0.496 e. The van der Waals surface area contributed by atoms with Crippen molar-refractivity contribution in [1.82, 2.24) is 5.32 Å². The van der Waals surface area contributed by atoms with E-state index in [1.807, 2.05) is 36.4 Å². The number of ketones is 1. The number of nitrogens with zero attached hydrogens (tertiary/aromatic N) is 2. The van der Waals surface area contributed by atoms with Gasteiger partial charge in [-0.2, -0.15) is 0 Å². The first-order valence-corrected chi connectivity index (χ1v) is 14.0. The molecule has 0 spiro atoms. The van der Waals surface area contributed by atoms with E-state index in [1.54, 1.807) is 74.5 Å². The molecule has 1 unspecified atom stereocenters. The Kier molecular flexibility index (Phi) is 8.02. The Labute approximate surface area is 250 Å². The molecule has 0 radical (unpaired) electrons. The lowest BCUT2D eigenvalue weighted by Crippen LogP contribution is -2.63. The number of hydrogen-bond donors (Lipinski definition) is 2. The Morgan fingerprint density at radius 1 is 0.930 bits per heavy atom. The van der Waals surface area contributed by atoms with E-state index in [9.17, 15) is 19.2 Å². The number of benzene rings is 4. The minimum atomic E-state index is -1.49. The monoisotopic (exact) mass is 578 g/mol. The molecular weight excluding hydrogens is 544 g/mol. The molecule has 43 heavy (non-hydrogen) atoms. The predicted octanol–water partition coefficient (Wildman–Crippen LogP) is 4.32. The average molecular weight is 579 g/mol. The number of rotatable bonds is 8. The first-order chi connectivity index (χ1) is 20.6. The van der Waals surface area contributed by atoms with Crippen LogP contribution in [0.15, 0.2) is 84.9 Å². The van der Waals surface area contributed by atoms with Gasteiger partial charge >= 0.3 is 0 Å². The summed E-state index contributed by atoms with van der Waals surface area (Å²) in [7, 11) is 3.15. The van der Waals surface area contributed by atoms with Crippen LogP contribution < -0.4 is 25.6 Å². The number of ether oxygens (including phenoxy) is 1. The molecule has 220 valence electrons. The molecule has 0 aliphatic carbocycles. The number of nitrogens with two attached hydrogens (primary N) is 1. The summed E-state index contributed by atoms with van der Waals surface area (Å²) in [4.78, 5) is 56.6. The summed E-state index contributed by atoms with van der Waals surface area (Å²) in [5.74, 6) is -2.04. The number of hydrogen-bond acceptors (Lipinski definition) is 6. The van der Waals surface area contributed by atoms with Gasteiger partial charge in [-0.3, -0.25) is 19.2 Å². The standard InChI is InChI=1S/C34H34N4O5/c1-21(39)22-13-15-24(16-14-22)31(40)38-20-27(34(2,36-3)33(35)42)32(41)37(28-11-7-8-12-29(28)38)19-26-25-10-6-5-9-23(25)17-18-30(26)43-4/h5-18,27,36H,19-20H2,1-4H3,(H2,35,42)/t27-,34?/m1/s1. The number of para-hydroxylation sites is 2. The molecule has 3 N–H and O–H groups in total. The molecule has 0 bridgehead atoms. The number of Topliss-reactive ketones (excluding diaryl/α,β-unsaturated/α-hetero) is 1. The van der Waals surface area contributed by atoms with E-state index in [2.05, 4.69) is 5.32 Å². The van der Waals surface area contributed by atoms with Gasteiger partial charge < -0.3 is 25.6 Å². The Morgan fingerprint density at radius 2 is 1.56 bits per heavy atom. The van der Waals surface area contributed by atoms with Crippen LogP contribution in [-0.4, -0.2) is 49.7 Å². The van der Waals surface area contributed by atoms with Crippen molar-refractivity contribution in [3.05, 3.63) is 102 Å². The Hall–Kier alpha value is -5.02. The highest BCUT2D eigenvalue weighted by atomic mass is 16.5. The molecule has 0 saturated carbocycles. The smallest absolute Gasteiger partial charge is 0.258 e. The number of fused-ring (bicyclic) bond motifs is 2. The fourth-order valence-corrected chi connectivity index (χ4v) is 5.67. The van der Waals surface area contributed by atoms with E-state index in [1.165, 1.54) is 11.8 Å². The third-order valence-electron chi connectivity index (χ3n) is 8.44. The molecule has 3 amide bonds. The number of anilines is 2. The van der Waals surface area contributed by atoms with E-state index in [0.717, 1.165) is 16.3 Å². The summed E-state index contributed by atoms with van der Waals surface area (Å²) in [6.07, 6.45) is 0. The lowest BCUT2D eigenvalue weighted by molar-refractivity contribution is -0.133. The number of carbonyl (C=O) groups excluding carboxylic acids is 4. The zero-order valence-electron chi connectivity index (χ0n) is 24.6. The van der Waals surface area contributed by atoms with Crippen LogP contribution in [0.4, 0.5) is 11.4 Å². The molecule has 2 atom stereocenters. The number of nitrogens with one attached hydrogen (secondary N) is 1. The summed E-state index contributed by atoms with van der Waals surface area (Å²) < 4.78 is 5.73. The van der Waals surface area contributed by atoms with Crippen molar-refractivity contribution in [2.45, 2.75) is 25.9 Å². The highest BCUT2D eigenvalue weighted by molar-refractivity contribution is 6.13. The van der Waals surface area contributed by atoms with Gasteiger partial charge in [-0.1, -0.05) is 54.6 Å². The van der Waals surface area contributed by atoms with Crippen molar-refractivity contribution in [3.63, 3.8) is 0 Å². The lowest BCUT2D eigenvalue weighted by atomic mass is 9.83.